The average Bonchev–Trinajstić information content (AvgIpc) is 2.52. The van der Waals surface area contributed by atoms with Gasteiger partial charge in [0.2, 0.25) is 0 Å². The second-order valence-corrected chi connectivity index (χ2v) is 7.75. The van der Waals surface area contributed by atoms with Gasteiger partial charge in [-0.25, -0.2) is 8.42 Å². The summed E-state index contributed by atoms with van der Waals surface area (Å²) < 4.78 is 28.6. The number of carboxylic acids is 1. The number of sulfone groups is 1. The van der Waals surface area contributed by atoms with E-state index in [1.807, 2.05) is 0 Å². The van der Waals surface area contributed by atoms with Crippen LogP contribution in [0.3, 0.4) is 0 Å². The van der Waals surface area contributed by atoms with Gasteiger partial charge in [0.05, 0.1) is 23.0 Å². The zero-order chi connectivity index (χ0) is 17.3. The number of amides is 1. The van der Waals surface area contributed by atoms with Gasteiger partial charge in [0.1, 0.15) is 0 Å². The Morgan fingerprint density at radius 1 is 1.26 bits per heavy atom. The van der Waals surface area contributed by atoms with Crippen LogP contribution in [0, 0.1) is 0 Å². The van der Waals surface area contributed by atoms with E-state index in [0.717, 1.165) is 0 Å². The number of hydrogen-bond donors (Lipinski definition) is 2. The number of methoxy groups -OCH3 is 1. The number of carboxylic acid groups (broad SMARTS) is 1. The van der Waals surface area contributed by atoms with Gasteiger partial charge in [-0.3, -0.25) is 9.59 Å². The number of benzene rings is 1. The van der Waals surface area contributed by atoms with E-state index in [0.29, 0.717) is 17.9 Å². The van der Waals surface area contributed by atoms with Crippen molar-refractivity contribution in [3.8, 4) is 0 Å². The maximum absolute atomic E-state index is 11.9. The van der Waals surface area contributed by atoms with Crippen LogP contribution in [0.4, 0.5) is 0 Å². The molecule has 0 atom stereocenters. The van der Waals surface area contributed by atoms with Crippen molar-refractivity contribution in [3.63, 3.8) is 0 Å². The molecule has 0 radical (unpaired) electrons. The van der Waals surface area contributed by atoms with Crippen LogP contribution >= 0.6 is 11.8 Å². The smallest absolute Gasteiger partial charge is 0.313 e. The molecule has 23 heavy (non-hydrogen) atoms. The molecule has 0 aromatic heterocycles. The Morgan fingerprint density at radius 2 is 1.91 bits per heavy atom. The molecule has 7 nitrogen and oxygen atoms in total. The van der Waals surface area contributed by atoms with E-state index < -0.39 is 15.8 Å². The molecule has 0 saturated heterocycles. The number of aliphatic carboxylic acids is 1. The molecule has 0 saturated carbocycles. The van der Waals surface area contributed by atoms with Crippen molar-refractivity contribution in [2.24, 2.45) is 0 Å². The molecule has 1 aromatic carbocycles. The first-order valence-electron chi connectivity index (χ1n) is 6.76. The minimum absolute atomic E-state index is 0.0100. The lowest BCUT2D eigenvalue weighted by atomic mass is 10.2. The molecule has 1 amide bonds. The van der Waals surface area contributed by atoms with Crippen LogP contribution in [0.15, 0.2) is 29.2 Å². The normalized spacial score (nSPS) is 11.2. The van der Waals surface area contributed by atoms with Gasteiger partial charge >= 0.3 is 5.97 Å². The van der Waals surface area contributed by atoms with Crippen LogP contribution in [0.5, 0.6) is 0 Å². The zero-order valence-corrected chi connectivity index (χ0v) is 14.3. The second-order valence-electron chi connectivity index (χ2n) is 4.54. The molecule has 9 heteroatoms. The summed E-state index contributed by atoms with van der Waals surface area (Å²) in [6.45, 7) is 0.448. The van der Waals surface area contributed by atoms with Crippen molar-refractivity contribution in [3.05, 3.63) is 29.8 Å². The Kier molecular flexibility index (Phi) is 8.07. The molecule has 0 fully saturated rings. The summed E-state index contributed by atoms with van der Waals surface area (Å²) in [7, 11) is -1.98. The van der Waals surface area contributed by atoms with E-state index in [-0.39, 0.29) is 28.9 Å². The van der Waals surface area contributed by atoms with Gasteiger partial charge in [0.15, 0.2) is 9.84 Å². The highest BCUT2D eigenvalue weighted by atomic mass is 32.2. The fourth-order valence-corrected chi connectivity index (χ4v) is 3.36. The van der Waals surface area contributed by atoms with Crippen LogP contribution in [0.2, 0.25) is 0 Å². The van der Waals surface area contributed by atoms with Gasteiger partial charge in [-0.15, -0.1) is 11.8 Å². The van der Waals surface area contributed by atoms with Gasteiger partial charge in [0.25, 0.3) is 5.91 Å². The first-order valence-corrected chi connectivity index (χ1v) is 9.57. The summed E-state index contributed by atoms with van der Waals surface area (Å²) >= 11 is 1.21. The Labute approximate surface area is 139 Å². The number of thioether (sulfide) groups is 1. The molecule has 0 bridgehead atoms. The molecule has 0 aliphatic rings. The number of carbonyl (C=O) groups is 2. The van der Waals surface area contributed by atoms with E-state index in [1.54, 1.807) is 0 Å². The average molecular weight is 361 g/mol. The molecule has 0 aliphatic carbocycles. The van der Waals surface area contributed by atoms with E-state index in [2.05, 4.69) is 5.32 Å². The highest BCUT2D eigenvalue weighted by molar-refractivity contribution is 7.99. The van der Waals surface area contributed by atoms with Crippen molar-refractivity contribution in [2.45, 2.75) is 4.90 Å². The molecule has 0 heterocycles. The van der Waals surface area contributed by atoms with E-state index in [9.17, 15) is 18.0 Å². The molecule has 1 aromatic rings. The molecule has 128 valence electrons. The maximum atomic E-state index is 11.9. The Bertz CT molecular complexity index is 627. The number of hydrogen-bond acceptors (Lipinski definition) is 6. The van der Waals surface area contributed by atoms with Crippen molar-refractivity contribution in [1.29, 1.82) is 0 Å². The van der Waals surface area contributed by atoms with Gasteiger partial charge in [0, 0.05) is 25.0 Å². The monoisotopic (exact) mass is 361 g/mol. The quantitative estimate of drug-likeness (QED) is 0.589. The van der Waals surface area contributed by atoms with Crippen LogP contribution in [0.1, 0.15) is 10.4 Å². The Morgan fingerprint density at radius 3 is 2.48 bits per heavy atom. The van der Waals surface area contributed by atoms with Crippen molar-refractivity contribution in [2.75, 3.05) is 37.5 Å². The molecular weight excluding hydrogens is 342 g/mol. The molecular formula is C14H19NO6S2. The van der Waals surface area contributed by atoms with Gasteiger partial charge < -0.3 is 15.2 Å². The van der Waals surface area contributed by atoms with Crippen LogP contribution in [-0.4, -0.2) is 62.9 Å². The minimum atomic E-state index is -3.41. The molecule has 1 rings (SSSR count). The van der Waals surface area contributed by atoms with Crippen molar-refractivity contribution in [1.82, 2.24) is 5.32 Å². The van der Waals surface area contributed by atoms with E-state index in [1.165, 1.54) is 43.1 Å². The summed E-state index contributed by atoms with van der Waals surface area (Å²) in [6, 6.07) is 5.66. The standard InChI is InChI=1S/C14H19NO6S2/c1-21-7-9-23(19,20)12-4-2-11(3-5-12)14(18)15-6-8-22-10-13(16)17/h2-5H,6-10H2,1H3,(H,15,18)(H,16,17). The highest BCUT2D eigenvalue weighted by Gasteiger charge is 2.14. The fourth-order valence-electron chi connectivity index (χ4n) is 1.62. The van der Waals surface area contributed by atoms with E-state index >= 15 is 0 Å². The predicted molar refractivity (Wildman–Crippen MR) is 87.7 cm³/mol. The van der Waals surface area contributed by atoms with Gasteiger partial charge in [-0.05, 0) is 24.3 Å². The van der Waals surface area contributed by atoms with Gasteiger partial charge in [-0.1, -0.05) is 0 Å². The number of nitrogens with one attached hydrogen (secondary N) is 1. The van der Waals surface area contributed by atoms with Crippen molar-refractivity contribution >= 4 is 33.5 Å². The number of ether oxygens (including phenoxy) is 1. The summed E-state index contributed by atoms with van der Waals surface area (Å²) in [5.41, 5.74) is 0.346. The van der Waals surface area contributed by atoms with E-state index in [4.69, 9.17) is 9.84 Å². The summed E-state index contributed by atoms with van der Waals surface area (Å²) in [6.07, 6.45) is 0. The summed E-state index contributed by atoms with van der Waals surface area (Å²) in [4.78, 5) is 22.3. The highest BCUT2D eigenvalue weighted by Crippen LogP contribution is 2.12. The molecule has 0 unspecified atom stereocenters. The van der Waals surface area contributed by atoms with Gasteiger partial charge in [-0.2, -0.15) is 0 Å². The van der Waals surface area contributed by atoms with Crippen molar-refractivity contribution < 1.29 is 27.9 Å². The van der Waals surface area contributed by atoms with Crippen LogP contribution < -0.4 is 5.32 Å². The maximum Gasteiger partial charge on any atom is 0.313 e. The SMILES string of the molecule is COCCS(=O)(=O)c1ccc(C(=O)NCCSCC(=O)O)cc1. The lowest BCUT2D eigenvalue weighted by Gasteiger charge is -2.07. The summed E-state index contributed by atoms with van der Waals surface area (Å²) in [5.74, 6) is -0.866. The third kappa shape index (κ3) is 7.02. The molecule has 2 N–H and O–H groups in total. The lowest BCUT2D eigenvalue weighted by molar-refractivity contribution is -0.133. The Hall–Kier alpha value is -1.58. The third-order valence-electron chi connectivity index (χ3n) is 2.79. The number of rotatable bonds is 10. The second kappa shape index (κ2) is 9.53. The fraction of sp³-hybridized carbons (Fsp3) is 0.429. The van der Waals surface area contributed by atoms with Crippen LogP contribution in [0.25, 0.3) is 0 Å². The lowest BCUT2D eigenvalue weighted by Crippen LogP contribution is -2.26. The largest absolute Gasteiger partial charge is 0.481 e. The zero-order valence-electron chi connectivity index (χ0n) is 12.6. The predicted octanol–water partition coefficient (Wildman–Crippen LogP) is 0.654. The molecule has 0 spiro atoms. The first kappa shape index (κ1) is 19.5. The topological polar surface area (TPSA) is 110 Å². The first-order chi connectivity index (χ1) is 10.9. The minimum Gasteiger partial charge on any atom is -0.481 e. The number of carbonyl (C=O) groups excluding carboxylic acids is 1. The molecule has 0 aliphatic heterocycles. The Balaban J connectivity index is 2.52. The third-order valence-corrected chi connectivity index (χ3v) is 5.43. The van der Waals surface area contributed by atoms with Crippen LogP contribution in [-0.2, 0) is 19.4 Å². The summed E-state index contributed by atoms with van der Waals surface area (Å²) in [5, 5.41) is 11.1.